The lowest BCUT2D eigenvalue weighted by atomic mass is 10.1. The van der Waals surface area contributed by atoms with Crippen LogP contribution in [0.3, 0.4) is 0 Å². The lowest BCUT2D eigenvalue weighted by Gasteiger charge is -2.21. The van der Waals surface area contributed by atoms with Crippen LogP contribution in [0.4, 0.5) is 0 Å². The summed E-state index contributed by atoms with van der Waals surface area (Å²) in [5, 5.41) is 6.80. The minimum atomic E-state index is -1.11. The fourth-order valence-corrected chi connectivity index (χ4v) is 2.56. The zero-order chi connectivity index (χ0) is 18.7. The fraction of sp³-hybridized carbons (Fsp3) is 0.158. The summed E-state index contributed by atoms with van der Waals surface area (Å²) in [6.45, 7) is 0. The number of H-pyrrole nitrogens is 1. The van der Waals surface area contributed by atoms with E-state index in [0.29, 0.717) is 16.3 Å². The molecule has 0 saturated carbocycles. The van der Waals surface area contributed by atoms with Crippen molar-refractivity contribution in [1.29, 1.82) is 0 Å². The quantitative estimate of drug-likeness (QED) is 0.725. The standard InChI is InChI=1S/C19H17N3O4/c1-22(2)18(24)16(12-8-4-3-5-9-12)26-19(25)15-13-10-6-7-11-14(13)17(23)21-20-15/h3-11,16H,1-2H3,(H,21,23)/t16-/m0/s1. The van der Waals surface area contributed by atoms with Gasteiger partial charge in [0.1, 0.15) is 0 Å². The van der Waals surface area contributed by atoms with E-state index >= 15 is 0 Å². The van der Waals surface area contributed by atoms with Gasteiger partial charge in [0, 0.05) is 25.0 Å². The molecule has 3 aromatic rings. The summed E-state index contributed by atoms with van der Waals surface area (Å²) in [6, 6.07) is 15.3. The number of rotatable bonds is 4. The minimum Gasteiger partial charge on any atom is -0.442 e. The van der Waals surface area contributed by atoms with E-state index in [2.05, 4.69) is 10.2 Å². The van der Waals surface area contributed by atoms with Crippen LogP contribution in [-0.4, -0.2) is 41.1 Å². The molecule has 0 bridgehead atoms. The summed E-state index contributed by atoms with van der Waals surface area (Å²) < 4.78 is 5.48. The molecule has 7 nitrogen and oxygen atoms in total. The molecule has 3 rings (SSSR count). The third kappa shape index (κ3) is 3.32. The zero-order valence-electron chi connectivity index (χ0n) is 14.3. The maximum Gasteiger partial charge on any atom is 0.360 e. The van der Waals surface area contributed by atoms with Gasteiger partial charge in [-0.1, -0.05) is 48.5 Å². The SMILES string of the molecule is CN(C)C(=O)[C@@H](OC(=O)c1n[nH]c(=O)c2ccccc12)c1ccccc1. The molecule has 26 heavy (non-hydrogen) atoms. The van der Waals surface area contributed by atoms with Gasteiger partial charge in [-0.3, -0.25) is 9.59 Å². The average molecular weight is 351 g/mol. The normalized spacial score (nSPS) is 11.8. The Balaban J connectivity index is 2.00. The van der Waals surface area contributed by atoms with Crippen LogP contribution >= 0.6 is 0 Å². The number of benzene rings is 2. The van der Waals surface area contributed by atoms with Crippen molar-refractivity contribution < 1.29 is 14.3 Å². The van der Waals surface area contributed by atoms with Crippen LogP contribution in [0.25, 0.3) is 10.8 Å². The Labute approximate surface area is 149 Å². The number of aromatic nitrogens is 2. The van der Waals surface area contributed by atoms with Gasteiger partial charge < -0.3 is 9.64 Å². The third-order valence-corrected chi connectivity index (χ3v) is 3.88. The zero-order valence-corrected chi connectivity index (χ0v) is 14.3. The van der Waals surface area contributed by atoms with Crippen molar-refractivity contribution in [2.45, 2.75) is 6.10 Å². The molecule has 0 aliphatic carbocycles. The Hall–Kier alpha value is -3.48. The van der Waals surface area contributed by atoms with E-state index in [1.165, 1.54) is 4.90 Å². The molecule has 0 spiro atoms. The van der Waals surface area contributed by atoms with Gasteiger partial charge in [0.15, 0.2) is 5.69 Å². The van der Waals surface area contributed by atoms with Gasteiger partial charge in [0.05, 0.1) is 5.39 Å². The number of amides is 1. The van der Waals surface area contributed by atoms with Crippen LogP contribution in [0.2, 0.25) is 0 Å². The molecule has 0 aliphatic heterocycles. The molecule has 0 radical (unpaired) electrons. The highest BCUT2D eigenvalue weighted by atomic mass is 16.5. The van der Waals surface area contributed by atoms with Gasteiger partial charge in [-0.2, -0.15) is 5.10 Å². The summed E-state index contributed by atoms with van der Waals surface area (Å²) in [6.07, 6.45) is -1.11. The van der Waals surface area contributed by atoms with Crippen molar-refractivity contribution in [2.75, 3.05) is 14.1 Å². The van der Waals surface area contributed by atoms with Crippen molar-refractivity contribution in [2.24, 2.45) is 0 Å². The molecule has 0 unspecified atom stereocenters. The lowest BCUT2D eigenvalue weighted by Crippen LogP contribution is -2.31. The number of aromatic amines is 1. The van der Waals surface area contributed by atoms with E-state index in [0.717, 1.165) is 0 Å². The first-order chi connectivity index (χ1) is 12.5. The minimum absolute atomic E-state index is 0.0484. The van der Waals surface area contributed by atoms with Gasteiger partial charge in [-0.25, -0.2) is 9.89 Å². The summed E-state index contributed by atoms with van der Waals surface area (Å²) >= 11 is 0. The number of esters is 1. The number of nitrogens with zero attached hydrogens (tertiary/aromatic N) is 2. The average Bonchev–Trinajstić information content (AvgIpc) is 2.66. The topological polar surface area (TPSA) is 92.4 Å². The van der Waals surface area contributed by atoms with Crippen molar-refractivity contribution in [3.05, 3.63) is 76.2 Å². The highest BCUT2D eigenvalue weighted by Gasteiger charge is 2.28. The van der Waals surface area contributed by atoms with E-state index in [1.54, 1.807) is 68.7 Å². The molecule has 1 N–H and O–H groups in total. The number of carbonyl (C=O) groups is 2. The molecule has 0 saturated heterocycles. The number of ether oxygens (including phenoxy) is 1. The first kappa shape index (κ1) is 17.3. The van der Waals surface area contributed by atoms with Crippen molar-refractivity contribution in [1.82, 2.24) is 15.1 Å². The Kier molecular flexibility index (Phi) is 4.79. The number of carbonyl (C=O) groups excluding carboxylic acids is 2. The molecule has 0 aliphatic rings. The number of fused-ring (bicyclic) bond motifs is 1. The van der Waals surface area contributed by atoms with Crippen LogP contribution in [0, 0.1) is 0 Å². The summed E-state index contributed by atoms with van der Waals surface area (Å²) in [5.74, 6) is -1.17. The summed E-state index contributed by atoms with van der Waals surface area (Å²) in [7, 11) is 3.17. The first-order valence-corrected chi connectivity index (χ1v) is 7.93. The van der Waals surface area contributed by atoms with Crippen LogP contribution in [-0.2, 0) is 9.53 Å². The molecular weight excluding hydrogens is 334 g/mol. The molecule has 0 fully saturated rings. The molecule has 1 aromatic heterocycles. The number of hydrogen-bond acceptors (Lipinski definition) is 5. The predicted molar refractivity (Wildman–Crippen MR) is 95.7 cm³/mol. The van der Waals surface area contributed by atoms with E-state index in [9.17, 15) is 14.4 Å². The Bertz CT molecular complexity index is 1010. The van der Waals surface area contributed by atoms with E-state index in [1.807, 2.05) is 0 Å². The number of hydrogen-bond donors (Lipinski definition) is 1. The monoisotopic (exact) mass is 351 g/mol. The van der Waals surface area contributed by atoms with Crippen molar-refractivity contribution in [3.63, 3.8) is 0 Å². The van der Waals surface area contributed by atoms with Crippen LogP contribution < -0.4 is 5.56 Å². The van der Waals surface area contributed by atoms with E-state index < -0.39 is 17.6 Å². The van der Waals surface area contributed by atoms with Crippen LogP contribution in [0.5, 0.6) is 0 Å². The third-order valence-electron chi connectivity index (χ3n) is 3.88. The molecule has 1 atom stereocenters. The number of nitrogens with one attached hydrogen (secondary N) is 1. The van der Waals surface area contributed by atoms with E-state index in [4.69, 9.17) is 4.74 Å². The van der Waals surface area contributed by atoms with Gasteiger partial charge >= 0.3 is 5.97 Å². The Morgan fingerprint density at radius 3 is 2.27 bits per heavy atom. The second-order valence-corrected chi connectivity index (χ2v) is 5.88. The second-order valence-electron chi connectivity index (χ2n) is 5.88. The molecule has 2 aromatic carbocycles. The Morgan fingerprint density at radius 2 is 1.62 bits per heavy atom. The van der Waals surface area contributed by atoms with Crippen LogP contribution in [0.15, 0.2) is 59.4 Å². The summed E-state index contributed by atoms with van der Waals surface area (Å²) in [5.41, 5.74) is 0.0992. The van der Waals surface area contributed by atoms with Crippen LogP contribution in [0.1, 0.15) is 22.2 Å². The molecular formula is C19H17N3O4. The predicted octanol–water partition coefficient (Wildman–Crippen LogP) is 1.91. The molecule has 7 heteroatoms. The largest absolute Gasteiger partial charge is 0.442 e. The number of likely N-dealkylation sites (N-methyl/N-ethyl adjacent to an activating group) is 1. The van der Waals surface area contributed by atoms with Gasteiger partial charge in [0.25, 0.3) is 11.5 Å². The maximum absolute atomic E-state index is 12.7. The second kappa shape index (κ2) is 7.18. The molecule has 132 valence electrons. The summed E-state index contributed by atoms with van der Waals surface area (Å²) in [4.78, 5) is 38.4. The van der Waals surface area contributed by atoms with Crippen molar-refractivity contribution >= 4 is 22.6 Å². The van der Waals surface area contributed by atoms with Gasteiger partial charge in [-0.05, 0) is 6.07 Å². The lowest BCUT2D eigenvalue weighted by molar-refractivity contribution is -0.138. The molecule has 1 amide bonds. The maximum atomic E-state index is 12.7. The van der Waals surface area contributed by atoms with E-state index in [-0.39, 0.29) is 11.6 Å². The van der Waals surface area contributed by atoms with Gasteiger partial charge in [0.2, 0.25) is 6.10 Å². The highest BCUT2D eigenvalue weighted by molar-refractivity contribution is 6.02. The first-order valence-electron chi connectivity index (χ1n) is 7.93. The highest BCUT2D eigenvalue weighted by Crippen LogP contribution is 2.22. The molecule has 1 heterocycles. The Morgan fingerprint density at radius 1 is 1.00 bits per heavy atom. The van der Waals surface area contributed by atoms with Gasteiger partial charge in [-0.15, -0.1) is 0 Å². The fourth-order valence-electron chi connectivity index (χ4n) is 2.56. The van der Waals surface area contributed by atoms with Crippen molar-refractivity contribution in [3.8, 4) is 0 Å². The smallest absolute Gasteiger partial charge is 0.360 e.